The van der Waals surface area contributed by atoms with Crippen molar-refractivity contribution in [2.45, 2.75) is 25.7 Å². The van der Waals surface area contributed by atoms with Gasteiger partial charge in [-0.05, 0) is 24.4 Å². The Kier molecular flexibility index (Phi) is 6.45. The zero-order chi connectivity index (χ0) is 11.8. The second kappa shape index (κ2) is 7.65. The summed E-state index contributed by atoms with van der Waals surface area (Å²) in [7, 11) is 0. The summed E-state index contributed by atoms with van der Waals surface area (Å²) in [5, 5.41) is 12.4. The van der Waals surface area contributed by atoms with Crippen LogP contribution in [0.4, 0.5) is 5.82 Å². The third-order valence-corrected chi connectivity index (χ3v) is 2.55. The second-order valence-electron chi connectivity index (χ2n) is 3.40. The maximum Gasteiger partial charge on any atom is 0.224 e. The Hall–Kier alpha value is -0.580. The molecule has 0 fully saturated rings. The molecule has 0 radical (unpaired) electrons. The molecule has 0 aliphatic rings. The molecular formula is C10H15Cl2N3O. The van der Waals surface area contributed by atoms with Gasteiger partial charge in [-0.25, -0.2) is 4.98 Å². The lowest BCUT2D eigenvalue weighted by Crippen LogP contribution is -2.04. The molecule has 0 aliphatic heterocycles. The third-order valence-electron chi connectivity index (χ3n) is 2.09. The van der Waals surface area contributed by atoms with Crippen LogP contribution in [0.15, 0.2) is 6.20 Å². The Labute approximate surface area is 105 Å². The van der Waals surface area contributed by atoms with Crippen molar-refractivity contribution >= 4 is 29.0 Å². The van der Waals surface area contributed by atoms with Crippen molar-refractivity contribution in [3.63, 3.8) is 0 Å². The lowest BCUT2D eigenvalue weighted by molar-refractivity contribution is 0.283. The average Bonchev–Trinajstić information content (AvgIpc) is 2.28. The molecular weight excluding hydrogens is 249 g/mol. The molecule has 0 aliphatic carbocycles. The van der Waals surface area contributed by atoms with E-state index >= 15 is 0 Å². The maximum atomic E-state index is 8.60. The van der Waals surface area contributed by atoms with Gasteiger partial charge < -0.3 is 10.4 Å². The van der Waals surface area contributed by atoms with Crippen molar-refractivity contribution in [3.05, 3.63) is 16.5 Å². The van der Waals surface area contributed by atoms with Crippen molar-refractivity contribution in [2.24, 2.45) is 0 Å². The van der Waals surface area contributed by atoms with E-state index in [1.165, 1.54) is 6.20 Å². The maximum absolute atomic E-state index is 8.60. The number of hydrogen-bond donors (Lipinski definition) is 2. The van der Waals surface area contributed by atoms with Crippen molar-refractivity contribution in [3.8, 4) is 0 Å². The monoisotopic (exact) mass is 263 g/mol. The predicted molar refractivity (Wildman–Crippen MR) is 66.1 cm³/mol. The molecule has 1 aromatic heterocycles. The summed E-state index contributed by atoms with van der Waals surface area (Å²) in [6.45, 7) is 1.05. The largest absolute Gasteiger partial charge is 0.396 e. The molecule has 0 bridgehead atoms. The third kappa shape index (κ3) is 4.96. The molecule has 90 valence electrons. The number of rotatable bonds is 7. The molecule has 2 N–H and O–H groups in total. The van der Waals surface area contributed by atoms with E-state index < -0.39 is 0 Å². The molecule has 0 saturated carbocycles. The van der Waals surface area contributed by atoms with Crippen molar-refractivity contribution in [1.29, 1.82) is 0 Å². The Morgan fingerprint density at radius 3 is 2.69 bits per heavy atom. The van der Waals surface area contributed by atoms with Gasteiger partial charge in [0.2, 0.25) is 5.28 Å². The minimum absolute atomic E-state index is 0.187. The van der Waals surface area contributed by atoms with Gasteiger partial charge in [-0.2, -0.15) is 4.98 Å². The fourth-order valence-electron chi connectivity index (χ4n) is 1.27. The highest BCUT2D eigenvalue weighted by atomic mass is 35.5. The highest BCUT2D eigenvalue weighted by Crippen LogP contribution is 2.19. The van der Waals surface area contributed by atoms with E-state index in [1.807, 2.05) is 0 Å². The number of anilines is 1. The predicted octanol–water partition coefficient (Wildman–Crippen LogP) is 2.75. The van der Waals surface area contributed by atoms with Gasteiger partial charge in [0.1, 0.15) is 10.8 Å². The SMILES string of the molecule is OCCCCCCNc1nc(Cl)ncc1Cl. The number of nitrogens with zero attached hydrogens (tertiary/aromatic N) is 2. The van der Waals surface area contributed by atoms with Crippen LogP contribution in [-0.4, -0.2) is 28.2 Å². The summed E-state index contributed by atoms with van der Waals surface area (Å²) in [6.07, 6.45) is 5.46. The molecule has 0 atom stereocenters. The van der Waals surface area contributed by atoms with Crippen LogP contribution in [0.3, 0.4) is 0 Å². The van der Waals surface area contributed by atoms with Gasteiger partial charge in [-0.1, -0.05) is 24.4 Å². The van der Waals surface area contributed by atoms with Crippen LogP contribution in [-0.2, 0) is 0 Å². The molecule has 6 heteroatoms. The molecule has 1 aromatic rings. The molecule has 0 amide bonds. The van der Waals surface area contributed by atoms with Crippen LogP contribution >= 0.6 is 23.2 Å². The zero-order valence-electron chi connectivity index (χ0n) is 8.92. The molecule has 1 rings (SSSR count). The number of halogens is 2. The fourth-order valence-corrected chi connectivity index (χ4v) is 1.56. The Morgan fingerprint density at radius 1 is 1.19 bits per heavy atom. The Balaban J connectivity index is 2.23. The molecule has 0 unspecified atom stereocenters. The number of aromatic nitrogens is 2. The van der Waals surface area contributed by atoms with Gasteiger partial charge in [-0.15, -0.1) is 0 Å². The summed E-state index contributed by atoms with van der Waals surface area (Å²) in [6, 6.07) is 0. The molecule has 0 aromatic carbocycles. The van der Waals surface area contributed by atoms with Crippen molar-refractivity contribution in [2.75, 3.05) is 18.5 Å². The topological polar surface area (TPSA) is 58.0 Å². The first-order valence-corrected chi connectivity index (χ1v) is 6.02. The molecule has 0 saturated heterocycles. The molecule has 16 heavy (non-hydrogen) atoms. The first-order valence-electron chi connectivity index (χ1n) is 5.27. The highest BCUT2D eigenvalue weighted by molar-refractivity contribution is 6.33. The zero-order valence-corrected chi connectivity index (χ0v) is 10.4. The molecule has 1 heterocycles. The van der Waals surface area contributed by atoms with E-state index in [1.54, 1.807) is 0 Å². The van der Waals surface area contributed by atoms with Gasteiger partial charge in [0, 0.05) is 13.2 Å². The van der Waals surface area contributed by atoms with Crippen LogP contribution in [0.2, 0.25) is 10.3 Å². The van der Waals surface area contributed by atoms with Crippen LogP contribution in [0, 0.1) is 0 Å². The minimum Gasteiger partial charge on any atom is -0.396 e. The summed E-state index contributed by atoms with van der Waals surface area (Å²) < 4.78 is 0. The number of unbranched alkanes of at least 4 members (excludes halogenated alkanes) is 3. The van der Waals surface area contributed by atoms with Gasteiger partial charge in [0.05, 0.1) is 6.20 Å². The summed E-state index contributed by atoms with van der Waals surface area (Å²) >= 11 is 11.5. The number of hydrogen-bond acceptors (Lipinski definition) is 4. The van der Waals surface area contributed by atoms with E-state index in [-0.39, 0.29) is 11.9 Å². The summed E-state index contributed by atoms with van der Waals surface area (Å²) in [5.74, 6) is 0.573. The quantitative estimate of drug-likeness (QED) is 0.587. The fraction of sp³-hybridized carbons (Fsp3) is 0.600. The molecule has 4 nitrogen and oxygen atoms in total. The Bertz CT molecular complexity index is 323. The Morgan fingerprint density at radius 2 is 1.94 bits per heavy atom. The number of aliphatic hydroxyl groups is 1. The van der Waals surface area contributed by atoms with E-state index in [0.717, 1.165) is 32.2 Å². The summed E-state index contributed by atoms with van der Waals surface area (Å²) in [5.41, 5.74) is 0. The van der Waals surface area contributed by atoms with Gasteiger partial charge >= 0.3 is 0 Å². The van der Waals surface area contributed by atoms with Gasteiger partial charge in [-0.3, -0.25) is 0 Å². The van der Waals surface area contributed by atoms with E-state index in [4.69, 9.17) is 28.3 Å². The van der Waals surface area contributed by atoms with Crippen molar-refractivity contribution in [1.82, 2.24) is 9.97 Å². The smallest absolute Gasteiger partial charge is 0.224 e. The molecule has 0 spiro atoms. The highest BCUT2D eigenvalue weighted by Gasteiger charge is 2.02. The minimum atomic E-state index is 0.187. The first kappa shape index (κ1) is 13.5. The lowest BCUT2D eigenvalue weighted by atomic mass is 10.2. The number of nitrogens with one attached hydrogen (secondary N) is 1. The second-order valence-corrected chi connectivity index (χ2v) is 4.15. The first-order chi connectivity index (χ1) is 7.74. The van der Waals surface area contributed by atoms with E-state index in [2.05, 4.69) is 15.3 Å². The lowest BCUT2D eigenvalue weighted by Gasteiger charge is -2.06. The van der Waals surface area contributed by atoms with Gasteiger partial charge in [0.15, 0.2) is 0 Å². The standard InChI is InChI=1S/C10H15Cl2N3O/c11-8-7-14-10(12)15-9(8)13-5-3-1-2-4-6-16/h7,16H,1-6H2,(H,13,14,15). The van der Waals surface area contributed by atoms with E-state index in [0.29, 0.717) is 10.8 Å². The normalized spacial score (nSPS) is 10.4. The van der Waals surface area contributed by atoms with Crippen LogP contribution in [0.25, 0.3) is 0 Å². The van der Waals surface area contributed by atoms with Gasteiger partial charge in [0.25, 0.3) is 0 Å². The average molecular weight is 264 g/mol. The van der Waals surface area contributed by atoms with E-state index in [9.17, 15) is 0 Å². The summed E-state index contributed by atoms with van der Waals surface area (Å²) in [4.78, 5) is 7.74. The van der Waals surface area contributed by atoms with Crippen LogP contribution in [0.1, 0.15) is 25.7 Å². The van der Waals surface area contributed by atoms with Crippen LogP contribution < -0.4 is 5.32 Å². The van der Waals surface area contributed by atoms with Crippen molar-refractivity contribution < 1.29 is 5.11 Å². The van der Waals surface area contributed by atoms with Crippen LogP contribution in [0.5, 0.6) is 0 Å². The number of aliphatic hydroxyl groups excluding tert-OH is 1.